The Morgan fingerprint density at radius 1 is 1.04 bits per heavy atom. The van der Waals surface area contributed by atoms with Crippen molar-refractivity contribution in [2.75, 3.05) is 7.11 Å². The van der Waals surface area contributed by atoms with E-state index in [0.29, 0.717) is 11.1 Å². The molecule has 0 aromatic heterocycles. The molecule has 25 heavy (non-hydrogen) atoms. The number of hydrogen-bond donors (Lipinski definition) is 0. The molecule has 2 rings (SSSR count). The fourth-order valence-corrected chi connectivity index (χ4v) is 2.65. The summed E-state index contributed by atoms with van der Waals surface area (Å²) in [6, 6.07) is 13.7. The Labute approximate surface area is 151 Å². The average molecular weight is 363 g/mol. The molecule has 2 unspecified atom stereocenters. The van der Waals surface area contributed by atoms with Crippen molar-refractivity contribution in [3.8, 4) is 0 Å². The quantitative estimate of drug-likeness (QED) is 0.244. The Hall–Kier alpha value is -2.21. The van der Waals surface area contributed by atoms with Crippen molar-refractivity contribution in [3.63, 3.8) is 0 Å². The molecule has 132 valence electrons. The Bertz CT molecular complexity index is 724. The molecule has 0 radical (unpaired) electrons. The van der Waals surface area contributed by atoms with Gasteiger partial charge in [-0.05, 0) is 31.0 Å². The number of methoxy groups -OCH3 is 1. The van der Waals surface area contributed by atoms with E-state index in [1.807, 2.05) is 0 Å². The minimum Gasteiger partial charge on any atom is -0.352 e. The number of benzene rings is 2. The molecule has 0 aliphatic heterocycles. The maximum Gasteiger partial charge on any atom is 0.357 e. The van der Waals surface area contributed by atoms with Gasteiger partial charge in [-0.1, -0.05) is 54.1 Å². The van der Waals surface area contributed by atoms with Crippen LogP contribution in [0.3, 0.4) is 0 Å². The highest BCUT2D eigenvalue weighted by atomic mass is 35.5. The van der Waals surface area contributed by atoms with Gasteiger partial charge in [-0.25, -0.2) is 4.79 Å². The summed E-state index contributed by atoms with van der Waals surface area (Å²) in [5.41, 5.74) is 1.46. The van der Waals surface area contributed by atoms with Crippen LogP contribution in [0.5, 0.6) is 0 Å². The van der Waals surface area contributed by atoms with Crippen LogP contribution in [-0.2, 0) is 19.3 Å². The molecule has 2 aromatic rings. The third kappa shape index (κ3) is 4.66. The van der Waals surface area contributed by atoms with Crippen molar-refractivity contribution < 1.29 is 24.1 Å². The lowest BCUT2D eigenvalue weighted by molar-refractivity contribution is -0.342. The number of hydrogen-bond acceptors (Lipinski definition) is 5. The lowest BCUT2D eigenvalue weighted by Gasteiger charge is -2.17. The summed E-state index contributed by atoms with van der Waals surface area (Å²) in [6.07, 6.45) is -0.752. The summed E-state index contributed by atoms with van der Waals surface area (Å²) < 4.78 is 4.86. The van der Waals surface area contributed by atoms with Crippen LogP contribution in [0.2, 0.25) is 5.02 Å². The summed E-state index contributed by atoms with van der Waals surface area (Å²) in [5, 5.41) is 0.282. The summed E-state index contributed by atoms with van der Waals surface area (Å²) in [5.74, 6) is -2.48. The van der Waals surface area contributed by atoms with Gasteiger partial charge in [0.25, 0.3) is 0 Å². The molecule has 0 aliphatic carbocycles. The van der Waals surface area contributed by atoms with Crippen LogP contribution in [0.4, 0.5) is 0 Å². The molecular formula is C19H19ClO5. The molecule has 6 heteroatoms. The van der Waals surface area contributed by atoms with Crippen molar-refractivity contribution in [3.05, 3.63) is 70.2 Å². The summed E-state index contributed by atoms with van der Waals surface area (Å²) >= 11 is 6.19. The Balaban J connectivity index is 2.38. The van der Waals surface area contributed by atoms with E-state index < -0.39 is 24.0 Å². The molecule has 0 bridgehead atoms. The van der Waals surface area contributed by atoms with Gasteiger partial charge in [-0.15, -0.1) is 0 Å². The van der Waals surface area contributed by atoms with Gasteiger partial charge in [0.05, 0.1) is 5.02 Å². The number of ketones is 1. The first kappa shape index (κ1) is 19.1. The molecule has 5 nitrogen and oxygen atoms in total. The molecule has 0 saturated carbocycles. The minimum absolute atomic E-state index is 0.282. The maximum atomic E-state index is 13.1. The second kappa shape index (κ2) is 8.76. The highest BCUT2D eigenvalue weighted by molar-refractivity contribution is 6.35. The molecule has 0 saturated heterocycles. The van der Waals surface area contributed by atoms with Crippen LogP contribution in [0.15, 0.2) is 48.5 Å². The van der Waals surface area contributed by atoms with Gasteiger partial charge in [-0.3, -0.25) is 9.68 Å². The number of carbonyl (C=O) groups is 2. The monoisotopic (exact) mass is 362 g/mol. The van der Waals surface area contributed by atoms with E-state index in [-0.39, 0.29) is 10.6 Å². The number of aryl methyl sites for hydroxylation is 1. The number of halogens is 1. The van der Waals surface area contributed by atoms with E-state index in [9.17, 15) is 9.59 Å². The normalized spacial score (nSPS) is 13.1. The van der Waals surface area contributed by atoms with Crippen molar-refractivity contribution in [1.82, 2.24) is 0 Å². The maximum absolute atomic E-state index is 13.1. The van der Waals surface area contributed by atoms with Gasteiger partial charge < -0.3 is 4.74 Å². The van der Waals surface area contributed by atoms with E-state index >= 15 is 0 Å². The zero-order valence-electron chi connectivity index (χ0n) is 14.2. The van der Waals surface area contributed by atoms with E-state index in [2.05, 4.69) is 0 Å². The Morgan fingerprint density at radius 3 is 2.32 bits per heavy atom. The Morgan fingerprint density at radius 2 is 1.72 bits per heavy atom. The number of Topliss-reactive ketones (excluding diaryl/α,β-unsaturated/α-hetero) is 1. The van der Waals surface area contributed by atoms with E-state index in [1.54, 1.807) is 62.4 Å². The van der Waals surface area contributed by atoms with Crippen LogP contribution in [0.25, 0.3) is 0 Å². The largest absolute Gasteiger partial charge is 0.357 e. The van der Waals surface area contributed by atoms with Crippen LogP contribution >= 0.6 is 11.6 Å². The van der Waals surface area contributed by atoms with Gasteiger partial charge >= 0.3 is 5.97 Å². The second-order valence-corrected chi connectivity index (χ2v) is 5.85. The van der Waals surface area contributed by atoms with E-state index in [4.69, 9.17) is 26.1 Å². The molecule has 0 amide bonds. The first-order valence-corrected chi connectivity index (χ1v) is 8.07. The third-order valence-electron chi connectivity index (χ3n) is 3.70. The molecule has 0 aliphatic rings. The summed E-state index contributed by atoms with van der Waals surface area (Å²) in [4.78, 5) is 35.3. The van der Waals surface area contributed by atoms with Crippen LogP contribution in [0.1, 0.15) is 34.3 Å². The fraction of sp³-hybridized carbons (Fsp3) is 0.263. The molecule has 0 spiro atoms. The molecule has 2 atom stereocenters. The number of carbonyl (C=O) groups excluding carboxylic acids is 2. The average Bonchev–Trinajstić information content (AvgIpc) is 2.60. The minimum atomic E-state index is -1.19. The van der Waals surface area contributed by atoms with Gasteiger partial charge in [0.1, 0.15) is 5.92 Å². The van der Waals surface area contributed by atoms with Crippen molar-refractivity contribution in [2.24, 2.45) is 0 Å². The first-order valence-electron chi connectivity index (χ1n) is 7.70. The van der Waals surface area contributed by atoms with E-state index in [1.165, 1.54) is 7.11 Å². The molecule has 0 fully saturated rings. The lowest BCUT2D eigenvalue weighted by Crippen LogP contribution is -2.27. The summed E-state index contributed by atoms with van der Waals surface area (Å²) in [7, 11) is 1.41. The first-order chi connectivity index (χ1) is 12.0. The highest BCUT2D eigenvalue weighted by Gasteiger charge is 2.34. The SMILES string of the molecule is COC(C)OOC(=O)C(C(=O)c1c(C)cccc1Cl)c1ccccc1. The van der Waals surface area contributed by atoms with Crippen LogP contribution in [0, 0.1) is 6.92 Å². The predicted molar refractivity (Wildman–Crippen MR) is 93.4 cm³/mol. The molecule has 2 aromatic carbocycles. The van der Waals surface area contributed by atoms with Crippen LogP contribution < -0.4 is 0 Å². The fourth-order valence-electron chi connectivity index (χ4n) is 2.33. The van der Waals surface area contributed by atoms with Gasteiger partial charge in [0.15, 0.2) is 12.1 Å². The smallest absolute Gasteiger partial charge is 0.352 e. The topological polar surface area (TPSA) is 61.8 Å². The highest BCUT2D eigenvalue weighted by Crippen LogP contribution is 2.29. The van der Waals surface area contributed by atoms with Crippen molar-refractivity contribution >= 4 is 23.4 Å². The third-order valence-corrected chi connectivity index (χ3v) is 4.01. The van der Waals surface area contributed by atoms with Crippen molar-refractivity contribution in [2.45, 2.75) is 26.1 Å². The number of rotatable bonds is 7. The Kier molecular flexibility index (Phi) is 6.70. The zero-order valence-corrected chi connectivity index (χ0v) is 14.9. The van der Waals surface area contributed by atoms with Crippen LogP contribution in [-0.4, -0.2) is 25.2 Å². The van der Waals surface area contributed by atoms with Gasteiger partial charge in [0, 0.05) is 12.7 Å². The van der Waals surface area contributed by atoms with Crippen molar-refractivity contribution in [1.29, 1.82) is 0 Å². The summed E-state index contributed by atoms with van der Waals surface area (Å²) in [6.45, 7) is 3.32. The standard InChI is InChI=1S/C19H19ClO5/c1-12-8-7-11-15(20)16(12)18(21)17(14-9-5-4-6-10-14)19(22)25-24-13(2)23-3/h4-11,13,17H,1-3H3. The number of ether oxygens (including phenoxy) is 1. The van der Waals surface area contributed by atoms with Gasteiger partial charge in [0.2, 0.25) is 0 Å². The van der Waals surface area contributed by atoms with E-state index in [0.717, 1.165) is 0 Å². The zero-order chi connectivity index (χ0) is 18.4. The molecule has 0 heterocycles. The molecule has 0 N–H and O–H groups in total. The second-order valence-electron chi connectivity index (χ2n) is 5.44. The van der Waals surface area contributed by atoms with Gasteiger partial charge in [-0.2, -0.15) is 4.89 Å². The lowest BCUT2D eigenvalue weighted by atomic mass is 9.89. The predicted octanol–water partition coefficient (Wildman–Crippen LogP) is 4.08. The molecular weight excluding hydrogens is 344 g/mol.